The molecule has 1 saturated heterocycles. The Morgan fingerprint density at radius 3 is 2.44 bits per heavy atom. The van der Waals surface area contributed by atoms with Crippen molar-refractivity contribution < 1.29 is 27.4 Å². The van der Waals surface area contributed by atoms with Crippen LogP contribution in [0.2, 0.25) is 0 Å². The molecule has 1 unspecified atom stereocenters. The number of halogens is 3. The van der Waals surface area contributed by atoms with E-state index in [1.54, 1.807) is 0 Å². The van der Waals surface area contributed by atoms with Crippen LogP contribution in [0.5, 0.6) is 0 Å². The fourth-order valence-electron chi connectivity index (χ4n) is 1.34. The molecule has 0 bridgehead atoms. The number of carbonyl (C=O) groups excluding carboxylic acids is 1. The standard InChI is InChI=1S/C10H13F3O3/c1-7(2)8(14)15-5-3-9(4-6-16-9)10(11,12)13/h1,3-6H2,2H3. The summed E-state index contributed by atoms with van der Waals surface area (Å²) in [4.78, 5) is 10.9. The van der Waals surface area contributed by atoms with Gasteiger partial charge in [0.05, 0.1) is 13.2 Å². The first kappa shape index (κ1) is 13.0. The van der Waals surface area contributed by atoms with Crippen molar-refractivity contribution in [1.29, 1.82) is 0 Å². The van der Waals surface area contributed by atoms with Crippen molar-refractivity contribution in [3.63, 3.8) is 0 Å². The van der Waals surface area contributed by atoms with Crippen LogP contribution in [0.1, 0.15) is 19.8 Å². The lowest BCUT2D eigenvalue weighted by Crippen LogP contribution is -2.56. The zero-order valence-electron chi connectivity index (χ0n) is 8.89. The van der Waals surface area contributed by atoms with Gasteiger partial charge in [-0.1, -0.05) is 6.58 Å². The molecule has 1 heterocycles. The molecule has 1 aliphatic rings. The highest BCUT2D eigenvalue weighted by Crippen LogP contribution is 2.44. The normalized spacial score (nSPS) is 24.8. The van der Waals surface area contributed by atoms with Gasteiger partial charge in [0, 0.05) is 18.4 Å². The fraction of sp³-hybridized carbons (Fsp3) is 0.700. The number of rotatable bonds is 4. The molecule has 0 aromatic rings. The van der Waals surface area contributed by atoms with Crippen LogP contribution in [-0.2, 0) is 14.3 Å². The third-order valence-electron chi connectivity index (χ3n) is 2.49. The lowest BCUT2D eigenvalue weighted by Gasteiger charge is -2.42. The molecule has 1 aliphatic heterocycles. The molecule has 0 radical (unpaired) electrons. The predicted octanol–water partition coefficient (Wildman–Crippen LogP) is 2.22. The monoisotopic (exact) mass is 238 g/mol. The Bertz CT molecular complexity index is 292. The van der Waals surface area contributed by atoms with Crippen molar-refractivity contribution in [2.75, 3.05) is 13.2 Å². The van der Waals surface area contributed by atoms with E-state index in [1.807, 2.05) is 0 Å². The lowest BCUT2D eigenvalue weighted by atomic mass is 9.90. The van der Waals surface area contributed by atoms with E-state index >= 15 is 0 Å². The van der Waals surface area contributed by atoms with Crippen molar-refractivity contribution in [3.05, 3.63) is 12.2 Å². The van der Waals surface area contributed by atoms with Gasteiger partial charge in [-0.3, -0.25) is 0 Å². The van der Waals surface area contributed by atoms with Gasteiger partial charge in [0.2, 0.25) is 0 Å². The van der Waals surface area contributed by atoms with E-state index in [-0.39, 0.29) is 31.6 Å². The molecular formula is C10H13F3O3. The van der Waals surface area contributed by atoms with Crippen LogP contribution in [0.25, 0.3) is 0 Å². The molecular weight excluding hydrogens is 225 g/mol. The Labute approximate surface area is 91.2 Å². The maximum Gasteiger partial charge on any atom is 0.417 e. The molecule has 6 heteroatoms. The van der Waals surface area contributed by atoms with Gasteiger partial charge >= 0.3 is 12.1 Å². The molecule has 0 saturated carbocycles. The largest absolute Gasteiger partial charge is 0.462 e. The van der Waals surface area contributed by atoms with Crippen LogP contribution in [0, 0.1) is 0 Å². The second-order valence-electron chi connectivity index (χ2n) is 3.76. The number of carbonyl (C=O) groups is 1. The van der Waals surface area contributed by atoms with E-state index in [2.05, 4.69) is 16.1 Å². The summed E-state index contributed by atoms with van der Waals surface area (Å²) in [6, 6.07) is 0. The van der Waals surface area contributed by atoms with E-state index in [9.17, 15) is 18.0 Å². The minimum Gasteiger partial charge on any atom is -0.462 e. The summed E-state index contributed by atoms with van der Waals surface area (Å²) in [6.45, 7) is 4.53. The Kier molecular flexibility index (Phi) is 3.62. The van der Waals surface area contributed by atoms with Crippen molar-refractivity contribution in [3.8, 4) is 0 Å². The Balaban J connectivity index is 2.42. The summed E-state index contributed by atoms with van der Waals surface area (Å²) in [5, 5.41) is 0. The first-order valence-corrected chi connectivity index (χ1v) is 4.82. The molecule has 0 spiro atoms. The number of esters is 1. The van der Waals surface area contributed by atoms with Crippen LogP contribution in [0.4, 0.5) is 13.2 Å². The number of alkyl halides is 3. The second-order valence-corrected chi connectivity index (χ2v) is 3.76. The lowest BCUT2D eigenvalue weighted by molar-refractivity contribution is -0.329. The summed E-state index contributed by atoms with van der Waals surface area (Å²) in [5.74, 6) is -0.684. The van der Waals surface area contributed by atoms with E-state index in [4.69, 9.17) is 0 Å². The number of ether oxygens (including phenoxy) is 2. The maximum atomic E-state index is 12.6. The second kappa shape index (κ2) is 4.45. The molecule has 0 aromatic heterocycles. The molecule has 92 valence electrons. The molecule has 0 aliphatic carbocycles. The summed E-state index contributed by atoms with van der Waals surface area (Å²) in [5.41, 5.74) is -1.96. The van der Waals surface area contributed by atoms with Crippen molar-refractivity contribution in [1.82, 2.24) is 0 Å². The molecule has 16 heavy (non-hydrogen) atoms. The van der Waals surface area contributed by atoms with Gasteiger partial charge in [0.1, 0.15) is 0 Å². The number of hydrogen-bond donors (Lipinski definition) is 0. The molecule has 1 fully saturated rings. The van der Waals surface area contributed by atoms with Gasteiger partial charge in [0.15, 0.2) is 5.60 Å². The van der Waals surface area contributed by atoms with Crippen LogP contribution in [0.15, 0.2) is 12.2 Å². The highest BCUT2D eigenvalue weighted by atomic mass is 19.4. The quantitative estimate of drug-likeness (QED) is 0.556. The zero-order chi connectivity index (χ0) is 12.4. The minimum absolute atomic E-state index is 0.0822. The fourth-order valence-corrected chi connectivity index (χ4v) is 1.34. The van der Waals surface area contributed by atoms with Gasteiger partial charge in [0.25, 0.3) is 0 Å². The van der Waals surface area contributed by atoms with Gasteiger partial charge in [-0.15, -0.1) is 0 Å². The third-order valence-corrected chi connectivity index (χ3v) is 2.49. The Morgan fingerprint density at radius 1 is 1.56 bits per heavy atom. The first-order chi connectivity index (χ1) is 7.28. The summed E-state index contributed by atoms with van der Waals surface area (Å²) >= 11 is 0. The molecule has 3 nitrogen and oxygen atoms in total. The van der Waals surface area contributed by atoms with Crippen molar-refractivity contribution in [2.24, 2.45) is 0 Å². The molecule has 0 aromatic carbocycles. The summed E-state index contributed by atoms with van der Waals surface area (Å²) < 4.78 is 46.9. The third kappa shape index (κ3) is 2.55. The molecule has 0 N–H and O–H groups in total. The Morgan fingerprint density at radius 2 is 2.12 bits per heavy atom. The topological polar surface area (TPSA) is 35.5 Å². The molecule has 0 amide bonds. The van der Waals surface area contributed by atoms with Crippen LogP contribution in [0.3, 0.4) is 0 Å². The van der Waals surface area contributed by atoms with Crippen LogP contribution < -0.4 is 0 Å². The average Bonchev–Trinajstić information content (AvgIpc) is 2.06. The van der Waals surface area contributed by atoms with E-state index in [1.165, 1.54) is 6.92 Å². The van der Waals surface area contributed by atoms with Crippen LogP contribution >= 0.6 is 0 Å². The molecule has 1 atom stereocenters. The highest BCUT2D eigenvalue weighted by molar-refractivity contribution is 5.86. The van der Waals surface area contributed by atoms with E-state index in [0.29, 0.717) is 0 Å². The van der Waals surface area contributed by atoms with Gasteiger partial charge in [-0.2, -0.15) is 13.2 Å². The van der Waals surface area contributed by atoms with Crippen molar-refractivity contribution in [2.45, 2.75) is 31.5 Å². The minimum atomic E-state index is -4.42. The highest BCUT2D eigenvalue weighted by Gasteiger charge is 2.59. The van der Waals surface area contributed by atoms with Gasteiger partial charge in [-0.25, -0.2) is 4.79 Å². The van der Waals surface area contributed by atoms with E-state index < -0.39 is 17.7 Å². The average molecular weight is 238 g/mol. The first-order valence-electron chi connectivity index (χ1n) is 4.82. The maximum absolute atomic E-state index is 12.6. The van der Waals surface area contributed by atoms with Crippen LogP contribution in [-0.4, -0.2) is 31.0 Å². The smallest absolute Gasteiger partial charge is 0.417 e. The summed E-state index contributed by atoms with van der Waals surface area (Å²) in [6.07, 6.45) is -4.86. The SMILES string of the molecule is C=C(C)C(=O)OCCC1(C(F)(F)F)CCO1. The van der Waals surface area contributed by atoms with E-state index in [0.717, 1.165) is 0 Å². The van der Waals surface area contributed by atoms with Gasteiger partial charge < -0.3 is 9.47 Å². The molecule has 1 rings (SSSR count). The van der Waals surface area contributed by atoms with Crippen molar-refractivity contribution >= 4 is 5.97 Å². The predicted molar refractivity (Wildman–Crippen MR) is 49.7 cm³/mol. The Hall–Kier alpha value is -1.04. The van der Waals surface area contributed by atoms with Gasteiger partial charge in [-0.05, 0) is 6.92 Å². The number of hydrogen-bond acceptors (Lipinski definition) is 3. The summed E-state index contributed by atoms with van der Waals surface area (Å²) in [7, 11) is 0. The zero-order valence-corrected chi connectivity index (χ0v) is 8.89.